The molecular weight excluding hydrogens is 514 g/mol. The molecule has 3 rings (SSSR count). The quantitative estimate of drug-likeness (QED) is 0.359. The van der Waals surface area contributed by atoms with Crippen LogP contribution in [0.15, 0.2) is 77.7 Å². The van der Waals surface area contributed by atoms with Gasteiger partial charge >= 0.3 is 0 Å². The van der Waals surface area contributed by atoms with Crippen molar-refractivity contribution in [3.63, 3.8) is 0 Å². The highest BCUT2D eigenvalue weighted by atomic mass is 32.2. The molecule has 0 heterocycles. The predicted molar refractivity (Wildman–Crippen MR) is 153 cm³/mol. The van der Waals surface area contributed by atoms with Gasteiger partial charge in [0.05, 0.1) is 17.7 Å². The van der Waals surface area contributed by atoms with Gasteiger partial charge in [0.2, 0.25) is 11.8 Å². The molecule has 0 saturated carbocycles. The first-order chi connectivity index (χ1) is 18.6. The molecule has 0 aromatic heterocycles. The Bertz CT molecular complexity index is 1380. The molecule has 1 unspecified atom stereocenters. The maximum Gasteiger partial charge on any atom is 0.264 e. The lowest BCUT2D eigenvalue weighted by atomic mass is 10.1. The molecule has 3 aromatic rings. The predicted octanol–water partition coefficient (Wildman–Crippen LogP) is 4.45. The zero-order valence-corrected chi connectivity index (χ0v) is 24.0. The van der Waals surface area contributed by atoms with E-state index in [9.17, 15) is 18.0 Å². The SMILES string of the molecule is CCNC(=O)C(CC)N(Cc1ccc(C)cc1)C(=O)CN(c1cc(C)ccc1OC)S(=O)(=O)c1ccccc1. The third-order valence-corrected chi connectivity index (χ3v) is 8.20. The average Bonchev–Trinajstić information content (AvgIpc) is 2.93. The van der Waals surface area contributed by atoms with Gasteiger partial charge in [-0.15, -0.1) is 0 Å². The van der Waals surface area contributed by atoms with Crippen molar-refractivity contribution >= 4 is 27.5 Å². The van der Waals surface area contributed by atoms with Crippen LogP contribution in [0.5, 0.6) is 5.75 Å². The number of benzene rings is 3. The van der Waals surface area contributed by atoms with Crippen LogP contribution in [0.25, 0.3) is 0 Å². The molecule has 39 heavy (non-hydrogen) atoms. The third kappa shape index (κ3) is 7.17. The average molecular weight is 552 g/mol. The zero-order valence-electron chi connectivity index (χ0n) is 23.2. The van der Waals surface area contributed by atoms with Gasteiger partial charge in [-0.3, -0.25) is 13.9 Å². The minimum absolute atomic E-state index is 0.0437. The molecule has 9 heteroatoms. The van der Waals surface area contributed by atoms with Gasteiger partial charge < -0.3 is 15.0 Å². The lowest BCUT2D eigenvalue weighted by Crippen LogP contribution is -2.52. The molecule has 208 valence electrons. The van der Waals surface area contributed by atoms with Crippen molar-refractivity contribution in [1.29, 1.82) is 0 Å². The van der Waals surface area contributed by atoms with E-state index in [2.05, 4.69) is 5.32 Å². The van der Waals surface area contributed by atoms with E-state index < -0.39 is 28.5 Å². The Morgan fingerprint density at radius 1 is 0.923 bits per heavy atom. The molecule has 0 saturated heterocycles. The largest absolute Gasteiger partial charge is 0.495 e. The summed E-state index contributed by atoms with van der Waals surface area (Å²) in [6, 6.07) is 20.0. The van der Waals surface area contributed by atoms with E-state index in [0.717, 1.165) is 21.0 Å². The van der Waals surface area contributed by atoms with Gasteiger partial charge in [-0.25, -0.2) is 8.42 Å². The summed E-state index contributed by atoms with van der Waals surface area (Å²) in [6.45, 7) is 7.50. The first kappa shape index (κ1) is 29.7. The fourth-order valence-corrected chi connectivity index (χ4v) is 5.77. The number of amides is 2. The Hall–Kier alpha value is -3.85. The van der Waals surface area contributed by atoms with Crippen molar-refractivity contribution in [3.05, 3.63) is 89.5 Å². The van der Waals surface area contributed by atoms with Crippen LogP contribution in [-0.2, 0) is 26.2 Å². The Kier molecular flexibility index (Phi) is 10.1. The molecule has 0 bridgehead atoms. The summed E-state index contributed by atoms with van der Waals surface area (Å²) in [7, 11) is -2.71. The Balaban J connectivity index is 2.11. The third-order valence-electron chi connectivity index (χ3n) is 6.42. The smallest absolute Gasteiger partial charge is 0.264 e. The van der Waals surface area contributed by atoms with E-state index >= 15 is 0 Å². The summed E-state index contributed by atoms with van der Waals surface area (Å²) in [5.74, 6) is -0.475. The molecule has 0 spiro atoms. The van der Waals surface area contributed by atoms with Crippen molar-refractivity contribution in [2.24, 2.45) is 0 Å². The Morgan fingerprint density at radius 3 is 2.15 bits per heavy atom. The number of likely N-dealkylation sites (N-methyl/N-ethyl adjacent to an activating group) is 1. The summed E-state index contributed by atoms with van der Waals surface area (Å²) < 4.78 is 34.5. The van der Waals surface area contributed by atoms with E-state index in [0.29, 0.717) is 18.7 Å². The maximum atomic E-state index is 14.1. The molecular formula is C30H37N3O5S. The standard InChI is InChI=1S/C30H37N3O5S/c1-6-26(30(35)31-7-2)32(20-24-16-13-22(3)14-17-24)29(34)21-33(27-19-23(4)15-18-28(27)38-5)39(36,37)25-11-9-8-10-12-25/h8-19,26H,6-7,20-21H2,1-5H3,(H,31,35). The second-order valence-electron chi connectivity index (χ2n) is 9.33. The number of methoxy groups -OCH3 is 1. The van der Waals surface area contributed by atoms with Gasteiger partial charge in [-0.2, -0.15) is 0 Å². The summed E-state index contributed by atoms with van der Waals surface area (Å²) in [4.78, 5) is 28.6. The highest BCUT2D eigenvalue weighted by Gasteiger charge is 2.34. The molecule has 0 fully saturated rings. The first-order valence-electron chi connectivity index (χ1n) is 13.0. The van der Waals surface area contributed by atoms with Crippen LogP contribution in [0.1, 0.15) is 37.0 Å². The van der Waals surface area contributed by atoms with Gasteiger partial charge in [0, 0.05) is 13.1 Å². The number of rotatable bonds is 12. The molecule has 0 radical (unpaired) electrons. The van der Waals surface area contributed by atoms with Crippen LogP contribution in [0.2, 0.25) is 0 Å². The first-order valence-corrected chi connectivity index (χ1v) is 14.4. The van der Waals surface area contributed by atoms with E-state index in [1.165, 1.54) is 24.1 Å². The van der Waals surface area contributed by atoms with Crippen molar-refractivity contribution in [2.45, 2.75) is 51.6 Å². The summed E-state index contributed by atoms with van der Waals surface area (Å²) >= 11 is 0. The lowest BCUT2D eigenvalue weighted by Gasteiger charge is -2.33. The normalized spacial score (nSPS) is 11.9. The van der Waals surface area contributed by atoms with Crippen LogP contribution in [0, 0.1) is 13.8 Å². The number of aryl methyl sites for hydroxylation is 2. The number of carbonyl (C=O) groups excluding carboxylic acids is 2. The van der Waals surface area contributed by atoms with Gasteiger partial charge in [0.25, 0.3) is 10.0 Å². The highest BCUT2D eigenvalue weighted by Crippen LogP contribution is 2.33. The summed E-state index contributed by atoms with van der Waals surface area (Å²) in [6.07, 6.45) is 0.364. The van der Waals surface area contributed by atoms with Crippen molar-refractivity contribution in [3.8, 4) is 5.75 Å². The van der Waals surface area contributed by atoms with E-state index in [1.54, 1.807) is 30.3 Å². The minimum atomic E-state index is -4.17. The molecule has 0 aliphatic rings. The second-order valence-corrected chi connectivity index (χ2v) is 11.2. The van der Waals surface area contributed by atoms with Gasteiger partial charge in [-0.05, 0) is 62.6 Å². The zero-order chi connectivity index (χ0) is 28.6. The van der Waals surface area contributed by atoms with Crippen LogP contribution in [0.4, 0.5) is 5.69 Å². The van der Waals surface area contributed by atoms with E-state index in [-0.39, 0.29) is 23.0 Å². The molecule has 1 atom stereocenters. The van der Waals surface area contributed by atoms with Crippen LogP contribution < -0.4 is 14.4 Å². The van der Waals surface area contributed by atoms with Crippen LogP contribution in [0.3, 0.4) is 0 Å². The molecule has 1 N–H and O–H groups in total. The molecule has 0 aliphatic carbocycles. The maximum absolute atomic E-state index is 14.1. The number of nitrogens with zero attached hydrogens (tertiary/aromatic N) is 2. The van der Waals surface area contributed by atoms with Crippen molar-refractivity contribution in [2.75, 3.05) is 24.5 Å². The van der Waals surface area contributed by atoms with Crippen molar-refractivity contribution < 1.29 is 22.7 Å². The van der Waals surface area contributed by atoms with E-state index in [1.807, 2.05) is 58.0 Å². The monoisotopic (exact) mass is 551 g/mol. The number of hydrogen-bond donors (Lipinski definition) is 1. The number of carbonyl (C=O) groups is 2. The molecule has 2 amide bonds. The Morgan fingerprint density at radius 2 is 1.56 bits per heavy atom. The number of nitrogens with one attached hydrogen (secondary N) is 1. The van der Waals surface area contributed by atoms with E-state index in [4.69, 9.17) is 4.74 Å². The summed E-state index contributed by atoms with van der Waals surface area (Å²) in [5.41, 5.74) is 2.95. The van der Waals surface area contributed by atoms with Crippen LogP contribution in [-0.4, -0.2) is 51.4 Å². The lowest BCUT2D eigenvalue weighted by molar-refractivity contribution is -0.140. The number of sulfonamides is 1. The number of hydrogen-bond acceptors (Lipinski definition) is 5. The van der Waals surface area contributed by atoms with Gasteiger partial charge in [0.1, 0.15) is 18.3 Å². The fraction of sp³-hybridized carbons (Fsp3) is 0.333. The van der Waals surface area contributed by atoms with Gasteiger partial charge in [0.15, 0.2) is 0 Å². The number of ether oxygens (including phenoxy) is 1. The van der Waals surface area contributed by atoms with Crippen molar-refractivity contribution in [1.82, 2.24) is 10.2 Å². The Labute approximate surface area is 231 Å². The number of anilines is 1. The van der Waals surface area contributed by atoms with Crippen LogP contribution >= 0.6 is 0 Å². The highest BCUT2D eigenvalue weighted by molar-refractivity contribution is 7.92. The molecule has 0 aliphatic heterocycles. The topological polar surface area (TPSA) is 96.0 Å². The fourth-order valence-electron chi connectivity index (χ4n) is 4.33. The second kappa shape index (κ2) is 13.3. The summed E-state index contributed by atoms with van der Waals surface area (Å²) in [5, 5.41) is 2.81. The minimum Gasteiger partial charge on any atom is -0.495 e. The molecule has 8 nitrogen and oxygen atoms in total. The van der Waals surface area contributed by atoms with Gasteiger partial charge in [-0.1, -0.05) is 61.0 Å². The molecule has 3 aromatic carbocycles.